The van der Waals surface area contributed by atoms with Crippen LogP contribution in [0.1, 0.15) is 24.2 Å². The Bertz CT molecular complexity index is 1330. The van der Waals surface area contributed by atoms with E-state index in [0.29, 0.717) is 28.9 Å². The maximum Gasteiger partial charge on any atom is 0.316 e. The van der Waals surface area contributed by atoms with Crippen molar-refractivity contribution in [3.63, 3.8) is 0 Å². The van der Waals surface area contributed by atoms with Crippen molar-refractivity contribution in [3.05, 3.63) is 60.4 Å². The zero-order valence-corrected chi connectivity index (χ0v) is 18.9. The molecule has 2 aromatic carbocycles. The number of amides is 1. The number of anilines is 2. The molecule has 0 spiro atoms. The molecule has 0 unspecified atom stereocenters. The second-order valence-electron chi connectivity index (χ2n) is 8.50. The molecule has 0 saturated carbocycles. The van der Waals surface area contributed by atoms with Gasteiger partial charge in [0.05, 0.1) is 35.6 Å². The van der Waals surface area contributed by atoms with Crippen LogP contribution < -0.4 is 20.3 Å². The number of hydrogen-bond donors (Lipinski definition) is 2. The molecule has 0 radical (unpaired) electrons. The summed E-state index contributed by atoms with van der Waals surface area (Å²) in [7, 11) is 1.52. The van der Waals surface area contributed by atoms with Gasteiger partial charge < -0.3 is 20.3 Å². The summed E-state index contributed by atoms with van der Waals surface area (Å²) in [6.07, 6.45) is 3.40. The molecule has 1 aliphatic heterocycles. The molecule has 8 nitrogen and oxygen atoms in total. The third-order valence-corrected chi connectivity index (χ3v) is 5.88. The SMILES string of the molecule is COc1ncc2c(N3C[C@@H](C)N[C@@H](C)C3)ccc(C(=O)Nc3cnc4ccccc4c3)c2n1. The largest absolute Gasteiger partial charge is 0.467 e. The summed E-state index contributed by atoms with van der Waals surface area (Å²) in [5.74, 6) is -0.258. The molecular weight excluding hydrogens is 416 g/mol. The standard InChI is InChI=1S/C25H26N6O2/c1-15-13-31(14-16(2)28-15)22-9-8-19(23-20(22)12-27-25(30-23)33-3)24(32)29-18-10-17-6-4-5-7-21(17)26-11-18/h4-12,15-16,28H,13-14H2,1-3H3,(H,29,32)/t15-,16+. The number of fused-ring (bicyclic) bond motifs is 2. The summed E-state index contributed by atoms with van der Waals surface area (Å²) in [5.41, 5.74) is 3.53. The van der Waals surface area contributed by atoms with Crippen molar-refractivity contribution in [1.82, 2.24) is 20.3 Å². The number of carbonyl (C=O) groups excluding carboxylic acids is 1. The zero-order valence-electron chi connectivity index (χ0n) is 18.9. The molecule has 168 valence electrons. The van der Waals surface area contributed by atoms with Crippen molar-refractivity contribution in [2.45, 2.75) is 25.9 Å². The number of nitrogens with one attached hydrogen (secondary N) is 2. The highest BCUT2D eigenvalue weighted by Crippen LogP contribution is 2.31. The highest BCUT2D eigenvalue weighted by Gasteiger charge is 2.24. The fourth-order valence-corrected chi connectivity index (χ4v) is 4.51. The maximum absolute atomic E-state index is 13.3. The zero-order chi connectivity index (χ0) is 22.9. The molecule has 8 heteroatoms. The van der Waals surface area contributed by atoms with Gasteiger partial charge >= 0.3 is 6.01 Å². The Morgan fingerprint density at radius 2 is 1.88 bits per heavy atom. The van der Waals surface area contributed by atoms with Crippen LogP contribution in [-0.2, 0) is 0 Å². The average Bonchev–Trinajstić information content (AvgIpc) is 2.82. The molecule has 1 fully saturated rings. The van der Waals surface area contributed by atoms with E-state index >= 15 is 0 Å². The minimum atomic E-state index is -0.258. The first-order chi connectivity index (χ1) is 16.0. The Morgan fingerprint density at radius 1 is 1.09 bits per heavy atom. The number of pyridine rings is 1. The molecule has 5 rings (SSSR count). The van der Waals surface area contributed by atoms with Crippen molar-refractivity contribution >= 4 is 39.1 Å². The van der Waals surface area contributed by atoms with Gasteiger partial charge in [0.2, 0.25) is 0 Å². The predicted octanol–water partition coefficient (Wildman–Crippen LogP) is 3.63. The van der Waals surface area contributed by atoms with E-state index in [9.17, 15) is 4.79 Å². The van der Waals surface area contributed by atoms with E-state index in [-0.39, 0.29) is 11.9 Å². The molecule has 0 bridgehead atoms. The number of methoxy groups -OCH3 is 1. The maximum atomic E-state index is 13.3. The lowest BCUT2D eigenvalue weighted by Gasteiger charge is -2.38. The number of nitrogens with zero attached hydrogens (tertiary/aromatic N) is 4. The van der Waals surface area contributed by atoms with E-state index in [1.54, 1.807) is 12.4 Å². The van der Waals surface area contributed by atoms with Gasteiger partial charge in [-0.25, -0.2) is 4.98 Å². The Kier molecular flexibility index (Phi) is 5.51. The molecule has 3 heterocycles. The Labute approximate surface area is 192 Å². The summed E-state index contributed by atoms with van der Waals surface area (Å²) in [6, 6.07) is 14.4. The van der Waals surface area contributed by atoms with Gasteiger partial charge in [0, 0.05) is 47.8 Å². The minimum absolute atomic E-state index is 0.225. The summed E-state index contributed by atoms with van der Waals surface area (Å²) in [4.78, 5) is 28.9. The van der Waals surface area contributed by atoms with E-state index in [4.69, 9.17) is 4.74 Å². The summed E-state index contributed by atoms with van der Waals surface area (Å²) in [6.45, 7) is 6.06. The smallest absolute Gasteiger partial charge is 0.316 e. The highest BCUT2D eigenvalue weighted by atomic mass is 16.5. The first-order valence-corrected chi connectivity index (χ1v) is 11.0. The number of piperazine rings is 1. The van der Waals surface area contributed by atoms with Crippen LogP contribution in [0.3, 0.4) is 0 Å². The van der Waals surface area contributed by atoms with Gasteiger partial charge in [-0.05, 0) is 38.1 Å². The fourth-order valence-electron chi connectivity index (χ4n) is 4.51. The third kappa shape index (κ3) is 4.17. The van der Waals surface area contributed by atoms with Crippen molar-refractivity contribution in [2.24, 2.45) is 0 Å². The average molecular weight is 443 g/mol. The summed E-state index contributed by atoms with van der Waals surface area (Å²) < 4.78 is 5.26. The second kappa shape index (κ2) is 8.63. The Hall–Kier alpha value is -3.78. The number of aromatic nitrogens is 3. The number of ether oxygens (including phenoxy) is 1. The number of rotatable bonds is 4. The van der Waals surface area contributed by atoms with Gasteiger partial charge in [0.25, 0.3) is 5.91 Å². The van der Waals surface area contributed by atoms with Crippen LogP contribution in [0.5, 0.6) is 6.01 Å². The quantitative estimate of drug-likeness (QED) is 0.499. The van der Waals surface area contributed by atoms with E-state index in [0.717, 1.165) is 35.1 Å². The Morgan fingerprint density at radius 3 is 2.67 bits per heavy atom. The third-order valence-electron chi connectivity index (χ3n) is 5.88. The van der Waals surface area contributed by atoms with E-state index in [2.05, 4.69) is 44.3 Å². The van der Waals surface area contributed by atoms with E-state index < -0.39 is 0 Å². The van der Waals surface area contributed by atoms with Crippen LogP contribution in [0.25, 0.3) is 21.8 Å². The van der Waals surface area contributed by atoms with Gasteiger partial charge in [0.1, 0.15) is 0 Å². The predicted molar refractivity (Wildman–Crippen MR) is 130 cm³/mol. The molecule has 1 saturated heterocycles. The molecular formula is C25H26N6O2. The van der Waals surface area contributed by atoms with Gasteiger partial charge in [0.15, 0.2) is 0 Å². The van der Waals surface area contributed by atoms with Crippen LogP contribution >= 0.6 is 0 Å². The summed E-state index contributed by atoms with van der Waals surface area (Å²) >= 11 is 0. The number of hydrogen-bond acceptors (Lipinski definition) is 7. The van der Waals surface area contributed by atoms with Crippen molar-refractivity contribution in [2.75, 3.05) is 30.4 Å². The highest BCUT2D eigenvalue weighted by molar-refractivity contribution is 6.14. The van der Waals surface area contributed by atoms with E-state index in [1.165, 1.54) is 7.11 Å². The number of benzene rings is 2. The summed E-state index contributed by atoms with van der Waals surface area (Å²) in [5, 5.41) is 8.30. The molecule has 2 aromatic heterocycles. The molecule has 1 amide bonds. The lowest BCUT2D eigenvalue weighted by Crippen LogP contribution is -2.54. The monoisotopic (exact) mass is 442 g/mol. The van der Waals surface area contributed by atoms with Crippen LogP contribution in [0.4, 0.5) is 11.4 Å². The molecule has 2 N–H and O–H groups in total. The Balaban J connectivity index is 1.53. The minimum Gasteiger partial charge on any atom is -0.467 e. The lowest BCUT2D eigenvalue weighted by molar-refractivity contribution is 0.102. The fraction of sp³-hybridized carbons (Fsp3) is 0.280. The lowest BCUT2D eigenvalue weighted by atomic mass is 10.0. The van der Waals surface area contributed by atoms with Gasteiger partial charge in [-0.2, -0.15) is 4.98 Å². The van der Waals surface area contributed by atoms with E-state index in [1.807, 2.05) is 42.5 Å². The topological polar surface area (TPSA) is 92.3 Å². The van der Waals surface area contributed by atoms with Crippen molar-refractivity contribution in [1.29, 1.82) is 0 Å². The van der Waals surface area contributed by atoms with Gasteiger partial charge in [-0.1, -0.05) is 18.2 Å². The van der Waals surface area contributed by atoms with Gasteiger partial charge in [-0.15, -0.1) is 0 Å². The number of carbonyl (C=O) groups is 1. The molecule has 2 atom stereocenters. The molecule has 4 aromatic rings. The van der Waals surface area contributed by atoms with Crippen molar-refractivity contribution < 1.29 is 9.53 Å². The first kappa shape index (κ1) is 21.1. The molecule has 0 aliphatic carbocycles. The van der Waals surface area contributed by atoms with Crippen LogP contribution in [0.2, 0.25) is 0 Å². The van der Waals surface area contributed by atoms with Crippen LogP contribution in [-0.4, -0.2) is 53.1 Å². The first-order valence-electron chi connectivity index (χ1n) is 11.0. The molecule has 1 aliphatic rings. The second-order valence-corrected chi connectivity index (χ2v) is 8.50. The van der Waals surface area contributed by atoms with Crippen LogP contribution in [0, 0.1) is 0 Å². The molecule has 33 heavy (non-hydrogen) atoms. The van der Waals surface area contributed by atoms with Crippen molar-refractivity contribution in [3.8, 4) is 6.01 Å². The normalized spacial score (nSPS) is 18.5. The van der Waals surface area contributed by atoms with Crippen LogP contribution in [0.15, 0.2) is 54.9 Å². The van der Waals surface area contributed by atoms with Gasteiger partial charge in [-0.3, -0.25) is 9.78 Å². The number of para-hydroxylation sites is 1.